The van der Waals surface area contributed by atoms with Gasteiger partial charge in [-0.3, -0.25) is 4.79 Å². The molecule has 1 aliphatic heterocycles. The van der Waals surface area contributed by atoms with Crippen molar-refractivity contribution in [1.82, 2.24) is 4.98 Å². The highest BCUT2D eigenvalue weighted by Gasteiger charge is 2.31. The largest absolute Gasteiger partial charge is 0.356 e. The third-order valence-electron chi connectivity index (χ3n) is 4.85. The van der Waals surface area contributed by atoms with Gasteiger partial charge in [0, 0.05) is 25.0 Å². The second-order valence-electron chi connectivity index (χ2n) is 6.79. The van der Waals surface area contributed by atoms with E-state index in [1.165, 1.54) is 6.20 Å². The zero-order valence-electron chi connectivity index (χ0n) is 15.2. The molecule has 0 spiro atoms. The van der Waals surface area contributed by atoms with E-state index in [0.717, 1.165) is 16.8 Å². The molecule has 1 fully saturated rings. The first-order valence-corrected chi connectivity index (χ1v) is 10.4. The summed E-state index contributed by atoms with van der Waals surface area (Å²) >= 11 is 0. The number of hydrogen-bond acceptors (Lipinski definition) is 5. The SMILES string of the molecule is Cc1cccc(C)c1NC(=O)c1ccc(N(C)C2CCS(=O)(=O)C2)nc1. The molecule has 1 N–H and O–H groups in total. The van der Waals surface area contributed by atoms with Crippen LogP contribution in [0.15, 0.2) is 36.5 Å². The number of sulfone groups is 1. The molecule has 0 aliphatic carbocycles. The average Bonchev–Trinajstić information content (AvgIpc) is 2.97. The van der Waals surface area contributed by atoms with Crippen LogP contribution in [0.4, 0.5) is 11.5 Å². The Morgan fingerprint density at radius 1 is 1.19 bits per heavy atom. The van der Waals surface area contributed by atoms with Crippen LogP contribution in [0.2, 0.25) is 0 Å². The Hall–Kier alpha value is -2.41. The van der Waals surface area contributed by atoms with Crippen molar-refractivity contribution in [2.24, 2.45) is 0 Å². The number of rotatable bonds is 4. The molecule has 0 bridgehead atoms. The Kier molecular flexibility index (Phi) is 5.00. The number of aryl methyl sites for hydroxylation is 2. The number of pyridine rings is 1. The molecule has 1 aliphatic rings. The number of anilines is 2. The number of amides is 1. The van der Waals surface area contributed by atoms with Crippen molar-refractivity contribution >= 4 is 27.2 Å². The van der Waals surface area contributed by atoms with E-state index in [1.807, 2.05) is 44.0 Å². The van der Waals surface area contributed by atoms with Gasteiger partial charge in [-0.1, -0.05) is 18.2 Å². The van der Waals surface area contributed by atoms with E-state index in [4.69, 9.17) is 0 Å². The first-order chi connectivity index (χ1) is 12.3. The van der Waals surface area contributed by atoms with Crippen LogP contribution in [-0.2, 0) is 9.84 Å². The van der Waals surface area contributed by atoms with Gasteiger partial charge in [-0.05, 0) is 43.5 Å². The average molecular weight is 373 g/mol. The van der Waals surface area contributed by atoms with Crippen molar-refractivity contribution in [3.63, 3.8) is 0 Å². The third-order valence-corrected chi connectivity index (χ3v) is 6.60. The molecule has 3 rings (SSSR count). The highest BCUT2D eigenvalue weighted by Crippen LogP contribution is 2.23. The topological polar surface area (TPSA) is 79.4 Å². The molecule has 6 nitrogen and oxygen atoms in total. The fraction of sp³-hybridized carbons (Fsp3) is 0.368. The maximum atomic E-state index is 12.5. The Labute approximate surface area is 154 Å². The molecule has 138 valence electrons. The van der Waals surface area contributed by atoms with E-state index < -0.39 is 9.84 Å². The van der Waals surface area contributed by atoms with Crippen molar-refractivity contribution in [2.75, 3.05) is 28.8 Å². The molecule has 1 unspecified atom stereocenters. The summed E-state index contributed by atoms with van der Waals surface area (Å²) < 4.78 is 23.3. The van der Waals surface area contributed by atoms with Gasteiger partial charge >= 0.3 is 0 Å². The van der Waals surface area contributed by atoms with E-state index in [9.17, 15) is 13.2 Å². The van der Waals surface area contributed by atoms with E-state index >= 15 is 0 Å². The summed E-state index contributed by atoms with van der Waals surface area (Å²) in [4.78, 5) is 18.7. The van der Waals surface area contributed by atoms with Gasteiger partial charge in [0.05, 0.1) is 17.1 Å². The molecular weight excluding hydrogens is 350 g/mol. The van der Waals surface area contributed by atoms with Gasteiger partial charge in [-0.2, -0.15) is 0 Å². The van der Waals surface area contributed by atoms with Gasteiger partial charge in [0.1, 0.15) is 5.82 Å². The van der Waals surface area contributed by atoms with Crippen LogP contribution in [0.1, 0.15) is 27.9 Å². The molecule has 1 amide bonds. The Morgan fingerprint density at radius 2 is 1.88 bits per heavy atom. The van der Waals surface area contributed by atoms with Gasteiger partial charge in [-0.15, -0.1) is 0 Å². The Bertz CT molecular complexity index is 903. The Morgan fingerprint density at radius 3 is 2.42 bits per heavy atom. The predicted octanol–water partition coefficient (Wildman–Crippen LogP) is 2.57. The summed E-state index contributed by atoms with van der Waals surface area (Å²) in [6.45, 7) is 3.91. The summed E-state index contributed by atoms with van der Waals surface area (Å²) in [5.41, 5.74) is 3.29. The lowest BCUT2D eigenvalue weighted by Gasteiger charge is -2.24. The van der Waals surface area contributed by atoms with Gasteiger partial charge in [0.25, 0.3) is 5.91 Å². The number of carbonyl (C=O) groups is 1. The highest BCUT2D eigenvalue weighted by atomic mass is 32.2. The second-order valence-corrected chi connectivity index (χ2v) is 9.02. The first kappa shape index (κ1) is 18.4. The molecule has 1 atom stereocenters. The van der Waals surface area contributed by atoms with E-state index in [2.05, 4.69) is 10.3 Å². The van der Waals surface area contributed by atoms with Crippen molar-refractivity contribution < 1.29 is 13.2 Å². The summed E-state index contributed by atoms with van der Waals surface area (Å²) in [6.07, 6.45) is 2.13. The van der Waals surface area contributed by atoms with Crippen molar-refractivity contribution in [3.8, 4) is 0 Å². The molecule has 1 saturated heterocycles. The maximum Gasteiger partial charge on any atom is 0.257 e. The molecule has 0 radical (unpaired) electrons. The fourth-order valence-electron chi connectivity index (χ4n) is 3.19. The molecular formula is C19H23N3O3S. The predicted molar refractivity (Wildman–Crippen MR) is 104 cm³/mol. The smallest absolute Gasteiger partial charge is 0.257 e. The molecule has 1 aromatic carbocycles. The van der Waals surface area contributed by atoms with Crippen LogP contribution < -0.4 is 10.2 Å². The molecule has 26 heavy (non-hydrogen) atoms. The lowest BCUT2D eigenvalue weighted by atomic mass is 10.1. The summed E-state index contributed by atoms with van der Waals surface area (Å²) in [6, 6.07) is 9.26. The lowest BCUT2D eigenvalue weighted by molar-refractivity contribution is 0.102. The Balaban J connectivity index is 1.72. The van der Waals surface area contributed by atoms with Gasteiger partial charge < -0.3 is 10.2 Å². The molecule has 2 aromatic rings. The van der Waals surface area contributed by atoms with Crippen molar-refractivity contribution in [3.05, 3.63) is 53.2 Å². The number of para-hydroxylation sites is 1. The van der Waals surface area contributed by atoms with Crippen LogP contribution >= 0.6 is 0 Å². The van der Waals surface area contributed by atoms with Crippen molar-refractivity contribution in [1.29, 1.82) is 0 Å². The minimum Gasteiger partial charge on any atom is -0.356 e. The van der Waals surface area contributed by atoms with Gasteiger partial charge in [0.2, 0.25) is 0 Å². The molecule has 7 heteroatoms. The summed E-state index contributed by atoms with van der Waals surface area (Å²) in [7, 11) is -1.11. The number of nitrogens with zero attached hydrogens (tertiary/aromatic N) is 2. The lowest BCUT2D eigenvalue weighted by Crippen LogP contribution is -2.33. The zero-order chi connectivity index (χ0) is 18.9. The minimum absolute atomic E-state index is 0.0678. The zero-order valence-corrected chi connectivity index (χ0v) is 16.0. The van der Waals surface area contributed by atoms with Crippen LogP contribution in [0.25, 0.3) is 0 Å². The summed E-state index contributed by atoms with van der Waals surface area (Å²) in [5.74, 6) is 0.821. The first-order valence-electron chi connectivity index (χ1n) is 8.54. The minimum atomic E-state index is -2.95. The number of hydrogen-bond donors (Lipinski definition) is 1. The van der Waals surface area contributed by atoms with Crippen LogP contribution in [0.3, 0.4) is 0 Å². The normalized spacial score (nSPS) is 18.5. The highest BCUT2D eigenvalue weighted by molar-refractivity contribution is 7.91. The van der Waals surface area contributed by atoms with Gasteiger partial charge in [0.15, 0.2) is 9.84 Å². The maximum absolute atomic E-state index is 12.5. The monoisotopic (exact) mass is 373 g/mol. The fourth-order valence-corrected chi connectivity index (χ4v) is 4.97. The molecule has 2 heterocycles. The quantitative estimate of drug-likeness (QED) is 0.891. The molecule has 1 aromatic heterocycles. The summed E-state index contributed by atoms with van der Waals surface area (Å²) in [5, 5.41) is 2.94. The number of benzene rings is 1. The van der Waals surface area contributed by atoms with Gasteiger partial charge in [-0.25, -0.2) is 13.4 Å². The van der Waals surface area contributed by atoms with Crippen molar-refractivity contribution in [2.45, 2.75) is 26.3 Å². The number of carbonyl (C=O) groups excluding carboxylic acids is 1. The van der Waals surface area contributed by atoms with E-state index in [0.29, 0.717) is 17.8 Å². The third kappa shape index (κ3) is 3.88. The number of nitrogens with one attached hydrogen (secondary N) is 1. The number of aromatic nitrogens is 1. The van der Waals surface area contributed by atoms with E-state index in [-0.39, 0.29) is 23.5 Å². The molecule has 0 saturated carbocycles. The second kappa shape index (κ2) is 7.07. The van der Waals surface area contributed by atoms with Crippen LogP contribution in [0, 0.1) is 13.8 Å². The van der Waals surface area contributed by atoms with E-state index in [1.54, 1.807) is 12.1 Å². The van der Waals surface area contributed by atoms with Crippen LogP contribution in [-0.4, -0.2) is 43.9 Å². The van der Waals surface area contributed by atoms with Crippen LogP contribution in [0.5, 0.6) is 0 Å². The standard InChI is InChI=1S/C19H23N3O3S/c1-13-5-4-6-14(2)18(13)21-19(23)15-7-8-17(20-11-15)22(3)16-9-10-26(24,25)12-16/h4-8,11,16H,9-10,12H2,1-3H3,(H,21,23).